The Bertz CT molecular complexity index is 1970. The number of nitrogens with one attached hydrogen (secondary N) is 2. The lowest BCUT2D eigenvalue weighted by Crippen LogP contribution is -2.14. The van der Waals surface area contributed by atoms with Gasteiger partial charge < -0.3 is 10.6 Å². The summed E-state index contributed by atoms with van der Waals surface area (Å²) in [4.78, 5) is 4.48. The summed E-state index contributed by atoms with van der Waals surface area (Å²) in [6.07, 6.45) is 6.09. The number of nitriles is 3. The van der Waals surface area contributed by atoms with Crippen molar-refractivity contribution in [2.24, 2.45) is 0 Å². The van der Waals surface area contributed by atoms with Crippen molar-refractivity contribution in [2.75, 3.05) is 10.6 Å². The number of aromatic nitrogens is 4. The van der Waals surface area contributed by atoms with E-state index in [0.717, 1.165) is 18.4 Å². The van der Waals surface area contributed by atoms with E-state index in [-0.39, 0.29) is 12.1 Å². The zero-order valence-corrected chi connectivity index (χ0v) is 23.8. The summed E-state index contributed by atoms with van der Waals surface area (Å²) < 4.78 is 11.5. The summed E-state index contributed by atoms with van der Waals surface area (Å²) in [5.74, 6) is 0. The summed E-state index contributed by atoms with van der Waals surface area (Å²) in [5.41, 5.74) is 4.04. The smallest absolute Gasteiger partial charge is 0.109 e. The van der Waals surface area contributed by atoms with Gasteiger partial charge in [0.15, 0.2) is 0 Å². The molecular formula is C33H26ClN9. The summed E-state index contributed by atoms with van der Waals surface area (Å²) in [7, 11) is 0. The maximum Gasteiger partial charge on any atom is 0.109 e. The molecule has 0 spiro atoms. The molecule has 0 radical (unpaired) electrons. The van der Waals surface area contributed by atoms with E-state index < -0.39 is 6.02 Å². The minimum absolute atomic E-state index is 0.259. The summed E-state index contributed by atoms with van der Waals surface area (Å²) in [5, 5.41) is 45.3. The number of halogens is 1. The number of pyridine rings is 1. The van der Waals surface area contributed by atoms with Crippen molar-refractivity contribution < 1.29 is 1.37 Å². The highest BCUT2D eigenvalue weighted by molar-refractivity contribution is 6.35. The fraction of sp³-hybridized carbons (Fsp3) is 0.212. The molecule has 0 saturated heterocycles. The minimum Gasteiger partial charge on any atom is -0.377 e. The average Bonchev–Trinajstić information content (AvgIpc) is 3.78. The molecule has 1 aliphatic rings. The number of hydrogen-bond acceptors (Lipinski definition) is 8. The SMILES string of the molecule is [2H]C(Nc1cc(Cl)c2ncc(C#N)c(NC(CCC#N)c3ccccc3)c2c1)(c1cccc(C#N)c1)c1cn(C2CC2)nn1. The number of rotatable bonds is 10. The highest BCUT2D eigenvalue weighted by atomic mass is 35.5. The Morgan fingerprint density at radius 2 is 1.81 bits per heavy atom. The van der Waals surface area contributed by atoms with E-state index in [1.165, 1.54) is 6.20 Å². The molecule has 210 valence electrons. The summed E-state index contributed by atoms with van der Waals surface area (Å²) >= 11 is 6.80. The molecule has 5 aromatic rings. The average molecular weight is 585 g/mol. The van der Waals surface area contributed by atoms with Crippen molar-refractivity contribution in [1.82, 2.24) is 20.0 Å². The van der Waals surface area contributed by atoms with Gasteiger partial charge in [0.2, 0.25) is 0 Å². The van der Waals surface area contributed by atoms with Gasteiger partial charge in [-0.1, -0.05) is 59.3 Å². The van der Waals surface area contributed by atoms with Gasteiger partial charge >= 0.3 is 0 Å². The predicted octanol–water partition coefficient (Wildman–Crippen LogP) is 7.22. The van der Waals surface area contributed by atoms with Gasteiger partial charge in [0, 0.05) is 23.7 Å². The van der Waals surface area contributed by atoms with Crippen LogP contribution < -0.4 is 10.6 Å². The molecule has 10 heteroatoms. The van der Waals surface area contributed by atoms with Crippen LogP contribution in [0, 0.1) is 34.0 Å². The molecule has 3 aromatic carbocycles. The van der Waals surface area contributed by atoms with Crippen LogP contribution in [0.25, 0.3) is 10.9 Å². The number of fused-ring (bicyclic) bond motifs is 1. The lowest BCUT2D eigenvalue weighted by Gasteiger charge is -2.23. The molecule has 1 aliphatic carbocycles. The normalized spacial score (nSPS) is 14.9. The monoisotopic (exact) mass is 584 g/mol. The lowest BCUT2D eigenvalue weighted by atomic mass is 9.99. The van der Waals surface area contributed by atoms with Crippen molar-refractivity contribution in [3.05, 3.63) is 112 Å². The predicted molar refractivity (Wildman–Crippen MR) is 164 cm³/mol. The Balaban J connectivity index is 1.47. The van der Waals surface area contributed by atoms with Gasteiger partial charge in [-0.3, -0.25) is 4.98 Å². The quantitative estimate of drug-likeness (QED) is 0.175. The van der Waals surface area contributed by atoms with Crippen molar-refractivity contribution in [3.8, 4) is 18.2 Å². The van der Waals surface area contributed by atoms with Crippen LogP contribution in [0.1, 0.15) is 73.1 Å². The third-order valence-corrected chi connectivity index (χ3v) is 7.64. The molecule has 0 bridgehead atoms. The molecule has 0 amide bonds. The minimum atomic E-state index is -1.63. The van der Waals surface area contributed by atoms with Crippen LogP contribution in [-0.4, -0.2) is 20.0 Å². The fourth-order valence-electron chi connectivity index (χ4n) is 5.04. The topological polar surface area (TPSA) is 139 Å². The van der Waals surface area contributed by atoms with Crippen LogP contribution in [0.4, 0.5) is 11.4 Å². The van der Waals surface area contributed by atoms with Crippen LogP contribution in [0.5, 0.6) is 0 Å². The highest BCUT2D eigenvalue weighted by Gasteiger charge is 2.27. The van der Waals surface area contributed by atoms with Crippen LogP contribution in [0.3, 0.4) is 0 Å². The Labute approximate surface area is 255 Å². The first kappa shape index (κ1) is 26.5. The molecule has 2 heterocycles. The number of hydrogen-bond donors (Lipinski definition) is 2. The molecule has 0 aliphatic heterocycles. The second-order valence-electron chi connectivity index (χ2n) is 10.3. The third-order valence-electron chi connectivity index (χ3n) is 7.35. The van der Waals surface area contributed by atoms with Crippen LogP contribution in [0.2, 0.25) is 5.02 Å². The first-order valence-corrected chi connectivity index (χ1v) is 14.2. The van der Waals surface area contributed by atoms with Gasteiger partial charge in [0.05, 0.1) is 65.2 Å². The van der Waals surface area contributed by atoms with Gasteiger partial charge in [-0.05, 0) is 54.7 Å². The number of anilines is 2. The van der Waals surface area contributed by atoms with E-state index in [1.807, 2.05) is 30.3 Å². The fourth-order valence-corrected chi connectivity index (χ4v) is 5.31. The highest BCUT2D eigenvalue weighted by Crippen LogP contribution is 2.38. The Kier molecular flexibility index (Phi) is 7.51. The molecule has 2 N–H and O–H groups in total. The maximum absolute atomic E-state index is 10.1. The zero-order valence-electron chi connectivity index (χ0n) is 24.0. The van der Waals surface area contributed by atoms with E-state index in [0.29, 0.717) is 62.5 Å². The second-order valence-corrected chi connectivity index (χ2v) is 10.7. The Morgan fingerprint density at radius 1 is 1.00 bits per heavy atom. The first-order valence-electron chi connectivity index (χ1n) is 14.4. The Morgan fingerprint density at radius 3 is 2.56 bits per heavy atom. The van der Waals surface area contributed by atoms with Gasteiger partial charge in [-0.15, -0.1) is 5.10 Å². The van der Waals surface area contributed by atoms with E-state index in [4.69, 9.17) is 11.6 Å². The molecular weight excluding hydrogens is 558 g/mol. The van der Waals surface area contributed by atoms with Crippen molar-refractivity contribution in [1.29, 1.82) is 15.8 Å². The maximum atomic E-state index is 10.1. The molecule has 6 rings (SSSR count). The molecule has 1 saturated carbocycles. The van der Waals surface area contributed by atoms with Crippen LogP contribution in [-0.2, 0) is 0 Å². The number of benzene rings is 3. The van der Waals surface area contributed by atoms with Gasteiger partial charge in [0.1, 0.15) is 11.8 Å². The summed E-state index contributed by atoms with van der Waals surface area (Å²) in [6.45, 7) is 0. The van der Waals surface area contributed by atoms with Gasteiger partial charge in [-0.25, -0.2) is 4.68 Å². The molecule has 2 atom stereocenters. The summed E-state index contributed by atoms with van der Waals surface area (Å²) in [6, 6.07) is 25.0. The van der Waals surface area contributed by atoms with Crippen molar-refractivity contribution in [2.45, 2.75) is 43.8 Å². The van der Waals surface area contributed by atoms with Crippen molar-refractivity contribution >= 4 is 33.9 Å². The molecule has 43 heavy (non-hydrogen) atoms. The largest absolute Gasteiger partial charge is 0.377 e. The molecule has 2 unspecified atom stereocenters. The third kappa shape index (κ3) is 5.97. The molecule has 9 nitrogen and oxygen atoms in total. The number of nitrogens with zero attached hydrogens (tertiary/aromatic N) is 7. The second kappa shape index (κ2) is 12.2. The molecule has 1 fully saturated rings. The van der Waals surface area contributed by atoms with E-state index in [2.05, 4.69) is 44.1 Å². The van der Waals surface area contributed by atoms with Crippen molar-refractivity contribution in [3.63, 3.8) is 0 Å². The zero-order chi connectivity index (χ0) is 30.7. The first-order chi connectivity index (χ1) is 21.4. The van der Waals surface area contributed by atoms with E-state index in [1.54, 1.807) is 47.3 Å². The molecule has 2 aromatic heterocycles. The van der Waals surface area contributed by atoms with Crippen LogP contribution in [0.15, 0.2) is 79.1 Å². The van der Waals surface area contributed by atoms with E-state index in [9.17, 15) is 17.2 Å². The van der Waals surface area contributed by atoms with E-state index >= 15 is 0 Å². The lowest BCUT2D eigenvalue weighted by molar-refractivity contribution is 0.610. The van der Waals surface area contributed by atoms with Gasteiger partial charge in [0.25, 0.3) is 0 Å². The Hall–Kier alpha value is -5.43. The van der Waals surface area contributed by atoms with Gasteiger partial charge in [-0.2, -0.15) is 15.8 Å². The standard InChI is InChI=1S/C33H26ClN9/c34-28-16-25(39-32(23-9-4-6-21(14-23)17-36)30-20-43(42-41-30)26-11-12-26)15-27-31(24(18-37)19-38-33(27)28)40-29(10-5-13-35)22-7-2-1-3-8-22/h1-4,6-9,14-16,19-20,26,29,32,39H,5,10-12H2,(H,38,40)/i32D. The van der Waals surface area contributed by atoms with Crippen LogP contribution >= 0.6 is 11.6 Å².